The number of nitrogens with one attached hydrogen (secondary N) is 1. The van der Waals surface area contributed by atoms with Crippen LogP contribution in [0.4, 0.5) is 5.00 Å². The number of fused-ring (bicyclic) bond motifs is 1. The molecule has 2 aromatic heterocycles. The quantitative estimate of drug-likeness (QED) is 0.388. The second kappa shape index (κ2) is 10.7. The molecule has 1 aliphatic heterocycles. The van der Waals surface area contributed by atoms with E-state index in [0.717, 1.165) is 35.8 Å². The molecule has 2 aliphatic rings. The van der Waals surface area contributed by atoms with E-state index in [1.165, 1.54) is 22.1 Å². The number of esters is 2. The van der Waals surface area contributed by atoms with Crippen molar-refractivity contribution in [3.8, 4) is 0 Å². The van der Waals surface area contributed by atoms with Gasteiger partial charge in [-0.1, -0.05) is 11.6 Å². The minimum absolute atomic E-state index is 0.0285. The van der Waals surface area contributed by atoms with Crippen molar-refractivity contribution in [1.82, 2.24) is 9.78 Å². The number of ether oxygens (including phenoxy) is 2. The molecule has 194 valence electrons. The average molecular weight is 556 g/mol. The van der Waals surface area contributed by atoms with Crippen LogP contribution in [0.3, 0.4) is 0 Å². The van der Waals surface area contributed by atoms with Gasteiger partial charge in [0, 0.05) is 16.5 Å². The van der Waals surface area contributed by atoms with Crippen molar-refractivity contribution in [3.63, 3.8) is 0 Å². The number of aryl methyl sites for hydroxylation is 2. The van der Waals surface area contributed by atoms with Crippen molar-refractivity contribution in [2.24, 2.45) is 0 Å². The topological polar surface area (TPSA) is 134 Å². The molecular formula is C23H26ClN3O7S2. The van der Waals surface area contributed by atoms with Crippen molar-refractivity contribution in [2.45, 2.75) is 45.6 Å². The first kappa shape index (κ1) is 26.4. The van der Waals surface area contributed by atoms with Crippen molar-refractivity contribution < 1.29 is 32.3 Å². The normalized spacial score (nSPS) is 18.4. The zero-order valence-corrected chi connectivity index (χ0v) is 22.2. The van der Waals surface area contributed by atoms with Gasteiger partial charge < -0.3 is 14.8 Å². The monoisotopic (exact) mass is 555 g/mol. The first-order valence-electron chi connectivity index (χ1n) is 11.5. The van der Waals surface area contributed by atoms with Crippen LogP contribution in [0.2, 0.25) is 5.15 Å². The van der Waals surface area contributed by atoms with E-state index in [0.29, 0.717) is 28.2 Å². The zero-order valence-electron chi connectivity index (χ0n) is 19.8. The number of sulfone groups is 1. The number of nitrogens with zero attached hydrogens (tertiary/aromatic N) is 2. The number of anilines is 1. The lowest BCUT2D eigenvalue weighted by Crippen LogP contribution is -2.21. The van der Waals surface area contributed by atoms with Gasteiger partial charge in [0.1, 0.15) is 10.2 Å². The molecule has 1 amide bonds. The molecular weight excluding hydrogens is 530 g/mol. The molecule has 1 unspecified atom stereocenters. The third-order valence-electron chi connectivity index (χ3n) is 6.01. The summed E-state index contributed by atoms with van der Waals surface area (Å²) in [7, 11) is -3.11. The van der Waals surface area contributed by atoms with Gasteiger partial charge >= 0.3 is 11.9 Å². The Morgan fingerprint density at radius 2 is 2.06 bits per heavy atom. The molecule has 4 rings (SSSR count). The van der Waals surface area contributed by atoms with Crippen LogP contribution in [-0.2, 0) is 41.7 Å². The lowest BCUT2D eigenvalue weighted by Gasteiger charge is -2.09. The SMILES string of the molecule is CCOC(=O)c1c(NC(=O)COC(=O)C=Cc2c(C)nn(C3CCS(=O)(=O)C3)c2Cl)sc2c1CCC2. The van der Waals surface area contributed by atoms with Crippen LogP contribution in [-0.4, -0.2) is 60.8 Å². The third kappa shape index (κ3) is 5.65. The van der Waals surface area contributed by atoms with Gasteiger partial charge in [0.25, 0.3) is 5.91 Å². The fraction of sp³-hybridized carbons (Fsp3) is 0.478. The fourth-order valence-corrected chi connectivity index (χ4v) is 7.70. The van der Waals surface area contributed by atoms with E-state index in [4.69, 9.17) is 21.1 Å². The van der Waals surface area contributed by atoms with Gasteiger partial charge in [-0.3, -0.25) is 4.79 Å². The highest BCUT2D eigenvalue weighted by Crippen LogP contribution is 2.39. The predicted molar refractivity (Wildman–Crippen MR) is 135 cm³/mol. The fourth-order valence-electron chi connectivity index (χ4n) is 4.34. The summed E-state index contributed by atoms with van der Waals surface area (Å²) in [6.45, 7) is 3.10. The lowest BCUT2D eigenvalue weighted by atomic mass is 10.1. The maximum atomic E-state index is 12.4. The second-order valence-electron chi connectivity index (χ2n) is 8.56. The molecule has 13 heteroatoms. The molecule has 0 spiro atoms. The maximum Gasteiger partial charge on any atom is 0.341 e. The van der Waals surface area contributed by atoms with E-state index in [-0.39, 0.29) is 29.3 Å². The standard InChI is InChI=1S/C23H26ClN3O7S2/c1-3-33-23(30)20-16-5-4-6-17(16)35-22(20)25-18(28)11-34-19(29)8-7-15-13(2)26-27(21(15)24)14-9-10-36(31,32)12-14/h7-8,14H,3-6,9-12H2,1-2H3,(H,25,28). The number of carbonyl (C=O) groups is 3. The molecule has 1 saturated heterocycles. The van der Waals surface area contributed by atoms with E-state index >= 15 is 0 Å². The van der Waals surface area contributed by atoms with Crippen molar-refractivity contribution in [2.75, 3.05) is 30.0 Å². The highest BCUT2D eigenvalue weighted by atomic mass is 35.5. The molecule has 1 atom stereocenters. The van der Waals surface area contributed by atoms with E-state index in [2.05, 4.69) is 10.4 Å². The number of amides is 1. The van der Waals surface area contributed by atoms with Crippen LogP contribution in [0.1, 0.15) is 57.9 Å². The summed E-state index contributed by atoms with van der Waals surface area (Å²) in [5.41, 5.74) is 2.29. The zero-order chi connectivity index (χ0) is 26.0. The summed E-state index contributed by atoms with van der Waals surface area (Å²) in [5.74, 6) is -1.76. The Labute approximate surface area is 217 Å². The molecule has 2 aromatic rings. The number of hydrogen-bond donors (Lipinski definition) is 1. The van der Waals surface area contributed by atoms with Gasteiger partial charge in [0.05, 0.1) is 35.4 Å². The predicted octanol–water partition coefficient (Wildman–Crippen LogP) is 3.13. The average Bonchev–Trinajstić information content (AvgIpc) is 3.55. The van der Waals surface area contributed by atoms with E-state index in [9.17, 15) is 22.8 Å². The first-order chi connectivity index (χ1) is 17.1. The summed E-state index contributed by atoms with van der Waals surface area (Å²) in [5, 5.41) is 7.62. The summed E-state index contributed by atoms with van der Waals surface area (Å²) in [6.07, 6.45) is 5.53. The molecule has 0 bridgehead atoms. The molecule has 0 radical (unpaired) electrons. The van der Waals surface area contributed by atoms with Crippen molar-refractivity contribution in [3.05, 3.63) is 38.5 Å². The molecule has 1 aliphatic carbocycles. The number of hydrogen-bond acceptors (Lipinski definition) is 9. The van der Waals surface area contributed by atoms with E-state index < -0.39 is 34.3 Å². The summed E-state index contributed by atoms with van der Waals surface area (Å²) < 4.78 is 35.2. The van der Waals surface area contributed by atoms with Gasteiger partial charge in [0.15, 0.2) is 16.4 Å². The molecule has 1 N–H and O–H groups in total. The number of halogens is 1. The molecule has 0 saturated carbocycles. The van der Waals surface area contributed by atoms with Crippen molar-refractivity contribution in [1.29, 1.82) is 0 Å². The van der Waals surface area contributed by atoms with Gasteiger partial charge in [-0.15, -0.1) is 11.3 Å². The van der Waals surface area contributed by atoms with Gasteiger partial charge in [0.2, 0.25) is 0 Å². The van der Waals surface area contributed by atoms with Crippen molar-refractivity contribution >= 4 is 61.7 Å². The van der Waals surface area contributed by atoms with E-state index in [1.54, 1.807) is 13.8 Å². The Morgan fingerprint density at radius 3 is 2.75 bits per heavy atom. The Hall–Kier alpha value is -2.70. The highest BCUT2D eigenvalue weighted by Gasteiger charge is 2.32. The highest BCUT2D eigenvalue weighted by molar-refractivity contribution is 7.91. The molecule has 3 heterocycles. The Morgan fingerprint density at radius 1 is 1.28 bits per heavy atom. The van der Waals surface area contributed by atoms with Crippen LogP contribution in [0, 0.1) is 6.92 Å². The van der Waals surface area contributed by atoms with Crippen LogP contribution in [0.15, 0.2) is 6.08 Å². The van der Waals surface area contributed by atoms with Crippen LogP contribution in [0.25, 0.3) is 6.08 Å². The Bertz CT molecular complexity index is 1340. The van der Waals surface area contributed by atoms with Gasteiger partial charge in [-0.25, -0.2) is 22.7 Å². The largest absolute Gasteiger partial charge is 0.462 e. The summed E-state index contributed by atoms with van der Waals surface area (Å²) >= 11 is 7.74. The number of rotatable bonds is 8. The molecule has 0 aromatic carbocycles. The van der Waals surface area contributed by atoms with Crippen LogP contribution >= 0.6 is 22.9 Å². The van der Waals surface area contributed by atoms with Gasteiger partial charge in [-0.05, 0) is 51.2 Å². The molecule has 36 heavy (non-hydrogen) atoms. The van der Waals surface area contributed by atoms with Gasteiger partial charge in [-0.2, -0.15) is 5.10 Å². The minimum atomic E-state index is -3.11. The lowest BCUT2D eigenvalue weighted by molar-refractivity contribution is -0.142. The van der Waals surface area contributed by atoms with E-state index in [1.807, 2.05) is 0 Å². The Balaban J connectivity index is 1.36. The number of carbonyl (C=O) groups excluding carboxylic acids is 3. The van der Waals surface area contributed by atoms with Crippen LogP contribution in [0.5, 0.6) is 0 Å². The molecule has 1 fully saturated rings. The maximum absolute atomic E-state index is 12.4. The summed E-state index contributed by atoms with van der Waals surface area (Å²) in [4.78, 5) is 38.1. The number of aromatic nitrogens is 2. The second-order valence-corrected chi connectivity index (χ2v) is 12.3. The first-order valence-corrected chi connectivity index (χ1v) is 14.5. The molecule has 10 nitrogen and oxygen atoms in total. The smallest absolute Gasteiger partial charge is 0.341 e. The third-order valence-corrected chi connectivity index (χ3v) is 9.34. The van der Waals surface area contributed by atoms with Crippen LogP contribution < -0.4 is 5.32 Å². The Kier molecular flexibility index (Phi) is 7.86. The summed E-state index contributed by atoms with van der Waals surface area (Å²) in [6, 6.07) is -0.350. The number of thiophene rings is 1. The minimum Gasteiger partial charge on any atom is -0.462 e.